The molecule has 2 heterocycles. The maximum atomic E-state index is 12.8. The Bertz CT molecular complexity index is 1040. The summed E-state index contributed by atoms with van der Waals surface area (Å²) in [6, 6.07) is 14.0. The predicted molar refractivity (Wildman–Crippen MR) is 123 cm³/mol. The van der Waals surface area contributed by atoms with Crippen molar-refractivity contribution in [3.63, 3.8) is 0 Å². The Morgan fingerprint density at radius 2 is 1.77 bits per heavy atom. The van der Waals surface area contributed by atoms with Crippen molar-refractivity contribution in [1.82, 2.24) is 30.0 Å². The highest BCUT2D eigenvalue weighted by Crippen LogP contribution is 2.24. The van der Waals surface area contributed by atoms with Crippen molar-refractivity contribution >= 4 is 29.3 Å². The third-order valence-electron chi connectivity index (χ3n) is 5.44. The van der Waals surface area contributed by atoms with E-state index in [0.29, 0.717) is 10.9 Å². The fourth-order valence-electron chi connectivity index (χ4n) is 3.82. The van der Waals surface area contributed by atoms with Gasteiger partial charge in [-0.3, -0.25) is 9.69 Å². The van der Waals surface area contributed by atoms with Gasteiger partial charge in [0.1, 0.15) is 0 Å². The van der Waals surface area contributed by atoms with E-state index in [-0.39, 0.29) is 5.91 Å². The minimum absolute atomic E-state index is 0.114. The molecule has 0 atom stereocenters. The van der Waals surface area contributed by atoms with Gasteiger partial charge in [-0.05, 0) is 53.1 Å². The Morgan fingerprint density at radius 3 is 2.48 bits per heavy atom. The van der Waals surface area contributed by atoms with Gasteiger partial charge in [0.25, 0.3) is 0 Å². The number of benzene rings is 2. The quantitative estimate of drug-likeness (QED) is 0.530. The second kappa shape index (κ2) is 9.80. The van der Waals surface area contributed by atoms with Crippen LogP contribution < -0.4 is 0 Å². The molecule has 1 fully saturated rings. The van der Waals surface area contributed by atoms with Gasteiger partial charge in [0.2, 0.25) is 11.1 Å². The first-order valence-corrected chi connectivity index (χ1v) is 11.6. The van der Waals surface area contributed by atoms with Gasteiger partial charge in [-0.1, -0.05) is 53.7 Å². The van der Waals surface area contributed by atoms with Gasteiger partial charge >= 0.3 is 0 Å². The molecule has 0 bridgehead atoms. The lowest BCUT2D eigenvalue weighted by molar-refractivity contribution is -0.130. The minimum atomic E-state index is 0.114. The number of carbonyl (C=O) groups is 1. The van der Waals surface area contributed by atoms with Crippen LogP contribution >= 0.6 is 23.4 Å². The molecule has 0 spiro atoms. The lowest BCUT2D eigenvalue weighted by Crippen LogP contribution is -2.48. The SMILES string of the molecule is Cc1cccc(C)c1-n1nnnc1SCC(=O)N1CCN(Cc2cccc(Cl)c2)CC1. The van der Waals surface area contributed by atoms with Crippen LogP contribution in [0.5, 0.6) is 0 Å². The number of amides is 1. The van der Waals surface area contributed by atoms with Crippen LogP contribution in [0.1, 0.15) is 16.7 Å². The smallest absolute Gasteiger partial charge is 0.233 e. The number of hydrogen-bond donors (Lipinski definition) is 0. The molecular formula is C22H25ClN6OS. The first-order chi connectivity index (χ1) is 15.0. The van der Waals surface area contributed by atoms with Gasteiger partial charge < -0.3 is 4.90 Å². The number of rotatable bonds is 6. The number of nitrogens with zero attached hydrogens (tertiary/aromatic N) is 6. The van der Waals surface area contributed by atoms with E-state index in [9.17, 15) is 4.79 Å². The molecule has 1 amide bonds. The summed E-state index contributed by atoms with van der Waals surface area (Å²) in [5.41, 5.74) is 4.35. The predicted octanol–water partition coefficient (Wildman–Crippen LogP) is 3.37. The van der Waals surface area contributed by atoms with Crippen LogP contribution in [0.4, 0.5) is 0 Å². The van der Waals surface area contributed by atoms with Gasteiger partial charge in [0, 0.05) is 37.7 Å². The molecule has 1 saturated heterocycles. The van der Waals surface area contributed by atoms with E-state index in [1.54, 1.807) is 4.68 Å². The first-order valence-electron chi connectivity index (χ1n) is 10.2. The number of piperazine rings is 1. The molecular weight excluding hydrogens is 432 g/mol. The Hall–Kier alpha value is -2.42. The molecule has 0 N–H and O–H groups in total. The van der Waals surface area contributed by atoms with Crippen molar-refractivity contribution in [3.05, 3.63) is 64.2 Å². The molecule has 1 aliphatic rings. The Labute approximate surface area is 191 Å². The molecule has 7 nitrogen and oxygen atoms in total. The molecule has 0 unspecified atom stereocenters. The van der Waals surface area contributed by atoms with Crippen molar-refractivity contribution < 1.29 is 4.79 Å². The zero-order valence-corrected chi connectivity index (χ0v) is 19.2. The van der Waals surface area contributed by atoms with Crippen LogP contribution in [0.25, 0.3) is 5.69 Å². The second-order valence-corrected chi connectivity index (χ2v) is 9.07. The number of carbonyl (C=O) groups excluding carboxylic acids is 1. The van der Waals surface area contributed by atoms with Crippen LogP contribution in [0, 0.1) is 13.8 Å². The average Bonchev–Trinajstić information content (AvgIpc) is 3.20. The van der Waals surface area contributed by atoms with Crippen molar-refractivity contribution in [2.75, 3.05) is 31.9 Å². The van der Waals surface area contributed by atoms with Crippen LogP contribution in [0.15, 0.2) is 47.6 Å². The zero-order valence-electron chi connectivity index (χ0n) is 17.7. The standard InChI is InChI=1S/C22H25ClN6OS/c1-16-5-3-6-17(2)21(16)29-22(24-25-26-29)31-15-20(30)28-11-9-27(10-12-28)14-18-7-4-8-19(23)13-18/h3-8,13H,9-12,14-15H2,1-2H3. The van der Waals surface area contributed by atoms with Crippen LogP contribution in [0.2, 0.25) is 5.02 Å². The lowest BCUT2D eigenvalue weighted by Gasteiger charge is -2.34. The number of tetrazole rings is 1. The van der Waals surface area contributed by atoms with Gasteiger partial charge in [0.05, 0.1) is 11.4 Å². The number of para-hydroxylation sites is 1. The summed E-state index contributed by atoms with van der Waals surface area (Å²) in [4.78, 5) is 17.1. The molecule has 1 aromatic heterocycles. The monoisotopic (exact) mass is 456 g/mol. The van der Waals surface area contributed by atoms with Crippen LogP contribution in [-0.4, -0.2) is 67.8 Å². The molecule has 31 heavy (non-hydrogen) atoms. The van der Waals surface area contributed by atoms with E-state index in [1.165, 1.54) is 17.3 Å². The second-order valence-electron chi connectivity index (χ2n) is 7.69. The normalized spacial score (nSPS) is 14.7. The van der Waals surface area contributed by atoms with Gasteiger partial charge in [-0.25, -0.2) is 0 Å². The molecule has 162 valence electrons. The van der Waals surface area contributed by atoms with Gasteiger partial charge in [-0.2, -0.15) is 4.68 Å². The van der Waals surface area contributed by atoms with E-state index < -0.39 is 0 Å². The largest absolute Gasteiger partial charge is 0.339 e. The van der Waals surface area contributed by atoms with E-state index >= 15 is 0 Å². The van der Waals surface area contributed by atoms with E-state index in [0.717, 1.165) is 54.6 Å². The molecule has 3 aromatic rings. The zero-order chi connectivity index (χ0) is 21.8. The molecule has 0 radical (unpaired) electrons. The molecule has 1 aliphatic heterocycles. The highest BCUT2D eigenvalue weighted by atomic mass is 35.5. The fourth-order valence-corrected chi connectivity index (χ4v) is 4.81. The van der Waals surface area contributed by atoms with Gasteiger partial charge in [-0.15, -0.1) is 5.10 Å². The van der Waals surface area contributed by atoms with Crippen LogP contribution in [0.3, 0.4) is 0 Å². The Kier molecular flexibility index (Phi) is 6.89. The molecule has 4 rings (SSSR count). The molecule has 0 aliphatic carbocycles. The van der Waals surface area contributed by atoms with Gasteiger partial charge in [0.15, 0.2) is 0 Å². The minimum Gasteiger partial charge on any atom is -0.339 e. The summed E-state index contributed by atoms with van der Waals surface area (Å²) in [5, 5.41) is 13.5. The maximum Gasteiger partial charge on any atom is 0.233 e. The fraction of sp³-hybridized carbons (Fsp3) is 0.364. The third kappa shape index (κ3) is 5.26. The summed E-state index contributed by atoms with van der Waals surface area (Å²) in [7, 11) is 0. The van der Waals surface area contributed by atoms with Crippen molar-refractivity contribution in [3.8, 4) is 5.69 Å². The summed E-state index contributed by atoms with van der Waals surface area (Å²) >= 11 is 7.46. The number of thioether (sulfide) groups is 1. The van der Waals surface area contributed by atoms with E-state index in [2.05, 4.69) is 26.5 Å². The average molecular weight is 457 g/mol. The summed E-state index contributed by atoms with van der Waals surface area (Å²) in [5.74, 6) is 0.433. The van der Waals surface area contributed by atoms with E-state index in [1.807, 2.05) is 55.1 Å². The number of aryl methyl sites for hydroxylation is 2. The highest BCUT2D eigenvalue weighted by Gasteiger charge is 2.22. The summed E-state index contributed by atoms with van der Waals surface area (Å²) < 4.78 is 1.73. The Balaban J connectivity index is 1.31. The number of aromatic nitrogens is 4. The van der Waals surface area contributed by atoms with E-state index in [4.69, 9.17) is 11.6 Å². The first kappa shape index (κ1) is 21.8. The maximum absolute atomic E-state index is 12.8. The molecule has 9 heteroatoms. The Morgan fingerprint density at radius 1 is 1.06 bits per heavy atom. The lowest BCUT2D eigenvalue weighted by atomic mass is 10.1. The molecule has 0 saturated carbocycles. The van der Waals surface area contributed by atoms with Crippen molar-refractivity contribution in [2.45, 2.75) is 25.5 Å². The summed E-state index contributed by atoms with van der Waals surface area (Å²) in [6.45, 7) is 8.07. The third-order valence-corrected chi connectivity index (χ3v) is 6.58. The number of hydrogen-bond acceptors (Lipinski definition) is 6. The van der Waals surface area contributed by atoms with Crippen molar-refractivity contribution in [1.29, 1.82) is 0 Å². The molecule has 2 aromatic carbocycles. The summed E-state index contributed by atoms with van der Waals surface area (Å²) in [6.07, 6.45) is 0. The topological polar surface area (TPSA) is 67.2 Å². The number of halogens is 1. The van der Waals surface area contributed by atoms with Crippen LogP contribution in [-0.2, 0) is 11.3 Å². The van der Waals surface area contributed by atoms with Crippen molar-refractivity contribution in [2.24, 2.45) is 0 Å². The highest BCUT2D eigenvalue weighted by molar-refractivity contribution is 7.99.